The van der Waals surface area contributed by atoms with E-state index in [1.807, 2.05) is 4.90 Å². The highest BCUT2D eigenvalue weighted by Crippen LogP contribution is 2.46. The van der Waals surface area contributed by atoms with Crippen LogP contribution in [0, 0.1) is 5.82 Å². The number of rotatable bonds is 1. The molecule has 10 heteroatoms. The highest BCUT2D eigenvalue weighted by molar-refractivity contribution is 9.10. The minimum absolute atomic E-state index is 0.00265. The van der Waals surface area contributed by atoms with Gasteiger partial charge in [-0.15, -0.1) is 0 Å². The summed E-state index contributed by atoms with van der Waals surface area (Å²) in [4.78, 5) is 10.3. The first-order valence-corrected chi connectivity index (χ1v) is 11.3. The van der Waals surface area contributed by atoms with E-state index in [-0.39, 0.29) is 26.8 Å². The molecule has 2 aromatic rings. The number of benzene rings is 1. The molecule has 0 aliphatic carbocycles. The fourth-order valence-corrected chi connectivity index (χ4v) is 4.63. The Kier molecular flexibility index (Phi) is 4.51. The number of aromatic nitrogens is 2. The summed E-state index contributed by atoms with van der Waals surface area (Å²) in [5, 5.41) is 0.0288. The van der Waals surface area contributed by atoms with Crippen molar-refractivity contribution < 1.29 is 17.5 Å². The van der Waals surface area contributed by atoms with Gasteiger partial charge in [0, 0.05) is 12.8 Å². The number of sulfone groups is 1. The molecular formula is C16H16BrClFN3O3S. The minimum atomic E-state index is -3.72. The van der Waals surface area contributed by atoms with Crippen LogP contribution in [0.2, 0.25) is 5.02 Å². The van der Waals surface area contributed by atoms with Gasteiger partial charge in [-0.05, 0) is 28.8 Å². The van der Waals surface area contributed by atoms with Crippen LogP contribution in [0.15, 0.2) is 9.63 Å². The van der Waals surface area contributed by atoms with Gasteiger partial charge in [0.15, 0.2) is 11.6 Å². The first-order chi connectivity index (χ1) is 12.3. The number of fused-ring (bicyclic) bond motifs is 2. The van der Waals surface area contributed by atoms with Gasteiger partial charge in [0.1, 0.15) is 23.0 Å². The van der Waals surface area contributed by atoms with Gasteiger partial charge in [-0.3, -0.25) is 0 Å². The highest BCUT2D eigenvalue weighted by atomic mass is 79.9. The molecule has 0 bridgehead atoms. The van der Waals surface area contributed by atoms with E-state index in [1.54, 1.807) is 0 Å². The van der Waals surface area contributed by atoms with Gasteiger partial charge in [-0.2, -0.15) is 0 Å². The number of halogens is 3. The molecule has 1 saturated heterocycles. The van der Waals surface area contributed by atoms with Gasteiger partial charge in [0.2, 0.25) is 15.0 Å². The molecule has 0 amide bonds. The molecule has 3 heterocycles. The topological polar surface area (TPSA) is 72.4 Å². The van der Waals surface area contributed by atoms with Crippen LogP contribution in [0.25, 0.3) is 10.9 Å². The monoisotopic (exact) mass is 463 g/mol. The SMILES string of the molecule is CS(=O)(=O)c1nc2c3c(c(Cl)c(Br)c(F)c3n1)OCC1CCCCCN21. The summed E-state index contributed by atoms with van der Waals surface area (Å²) in [5.74, 6) is -0.0552. The first-order valence-electron chi connectivity index (χ1n) is 8.26. The van der Waals surface area contributed by atoms with E-state index in [2.05, 4.69) is 25.9 Å². The normalized spacial score (nSPS) is 20.3. The second-order valence-electron chi connectivity index (χ2n) is 6.60. The third kappa shape index (κ3) is 2.84. The molecule has 2 aliphatic rings. The molecule has 4 rings (SSSR count). The Morgan fingerprint density at radius 1 is 1.31 bits per heavy atom. The predicted molar refractivity (Wildman–Crippen MR) is 100 cm³/mol. The van der Waals surface area contributed by atoms with Crippen LogP contribution in [0.1, 0.15) is 25.7 Å². The third-order valence-electron chi connectivity index (χ3n) is 4.79. The molecule has 1 atom stereocenters. The molecule has 2 aliphatic heterocycles. The maximum Gasteiger partial charge on any atom is 0.249 e. The summed E-state index contributed by atoms with van der Waals surface area (Å²) < 4.78 is 45.0. The molecule has 26 heavy (non-hydrogen) atoms. The van der Waals surface area contributed by atoms with Gasteiger partial charge in [0.05, 0.1) is 15.9 Å². The van der Waals surface area contributed by atoms with Crippen molar-refractivity contribution in [2.24, 2.45) is 0 Å². The number of anilines is 1. The summed E-state index contributed by atoms with van der Waals surface area (Å²) in [6.45, 7) is 1.07. The van der Waals surface area contributed by atoms with Crippen molar-refractivity contribution in [3.8, 4) is 5.75 Å². The standard InChI is InChI=1S/C16H16BrClFN3O3S/c1-26(23,24)16-20-13-9-14(11(18)10(17)12(13)19)25-7-8-5-3-2-4-6-22(8)15(9)21-16/h8H,2-7H2,1H3. The molecule has 0 saturated carbocycles. The van der Waals surface area contributed by atoms with E-state index in [4.69, 9.17) is 16.3 Å². The lowest BCUT2D eigenvalue weighted by Gasteiger charge is -2.29. The Labute approximate surface area is 163 Å². The lowest BCUT2D eigenvalue weighted by Crippen LogP contribution is -2.38. The second-order valence-corrected chi connectivity index (χ2v) is 9.68. The Balaban J connectivity index is 2.12. The second kappa shape index (κ2) is 6.45. The van der Waals surface area contributed by atoms with E-state index in [0.717, 1.165) is 31.9 Å². The average Bonchev–Trinajstić information content (AvgIpc) is 2.90. The van der Waals surface area contributed by atoms with Crippen molar-refractivity contribution in [1.29, 1.82) is 0 Å². The fraction of sp³-hybridized carbons (Fsp3) is 0.500. The summed E-state index contributed by atoms with van der Waals surface area (Å²) in [7, 11) is -3.72. The summed E-state index contributed by atoms with van der Waals surface area (Å²) in [6.07, 6.45) is 4.95. The van der Waals surface area contributed by atoms with Crippen LogP contribution in [-0.4, -0.2) is 43.8 Å². The third-order valence-corrected chi connectivity index (χ3v) is 6.97. The van der Waals surface area contributed by atoms with Crippen molar-refractivity contribution >= 4 is 54.1 Å². The van der Waals surface area contributed by atoms with Crippen LogP contribution in [0.4, 0.5) is 10.2 Å². The van der Waals surface area contributed by atoms with E-state index in [9.17, 15) is 12.8 Å². The van der Waals surface area contributed by atoms with Crippen LogP contribution in [0.3, 0.4) is 0 Å². The highest BCUT2D eigenvalue weighted by Gasteiger charge is 2.34. The lowest BCUT2D eigenvalue weighted by molar-refractivity contribution is 0.284. The maximum atomic E-state index is 14.9. The van der Waals surface area contributed by atoms with E-state index >= 15 is 0 Å². The first kappa shape index (κ1) is 18.2. The van der Waals surface area contributed by atoms with Crippen LogP contribution in [0.5, 0.6) is 5.75 Å². The molecule has 140 valence electrons. The molecule has 1 aromatic carbocycles. The van der Waals surface area contributed by atoms with E-state index in [0.29, 0.717) is 24.4 Å². The molecule has 0 spiro atoms. The summed E-state index contributed by atoms with van der Waals surface area (Å²) in [6, 6.07) is 0.0216. The van der Waals surface area contributed by atoms with Crippen LogP contribution < -0.4 is 9.64 Å². The van der Waals surface area contributed by atoms with Crippen LogP contribution in [-0.2, 0) is 9.84 Å². The number of ether oxygens (including phenoxy) is 1. The number of nitrogens with zero attached hydrogens (tertiary/aromatic N) is 3. The summed E-state index contributed by atoms with van der Waals surface area (Å²) in [5.41, 5.74) is -0.105. The number of hydrogen-bond donors (Lipinski definition) is 0. The van der Waals surface area contributed by atoms with Crippen molar-refractivity contribution in [3.63, 3.8) is 0 Å². The molecule has 1 unspecified atom stereocenters. The molecule has 1 aromatic heterocycles. The quantitative estimate of drug-likeness (QED) is 0.473. The van der Waals surface area contributed by atoms with Crippen molar-refractivity contribution in [3.05, 3.63) is 15.3 Å². The van der Waals surface area contributed by atoms with Gasteiger partial charge >= 0.3 is 0 Å². The molecule has 1 fully saturated rings. The zero-order valence-corrected chi connectivity index (χ0v) is 17.1. The van der Waals surface area contributed by atoms with Crippen molar-refractivity contribution in [2.45, 2.75) is 36.9 Å². The largest absolute Gasteiger partial charge is 0.489 e. The molecule has 6 nitrogen and oxygen atoms in total. The van der Waals surface area contributed by atoms with Crippen molar-refractivity contribution in [2.75, 3.05) is 24.3 Å². The fourth-order valence-electron chi connectivity index (χ4n) is 3.52. The average molecular weight is 465 g/mol. The minimum Gasteiger partial charge on any atom is -0.489 e. The molecule has 0 N–H and O–H groups in total. The molecule has 0 radical (unpaired) electrons. The smallest absolute Gasteiger partial charge is 0.249 e. The Hall–Kier alpha value is -1.19. The van der Waals surface area contributed by atoms with E-state index < -0.39 is 20.8 Å². The van der Waals surface area contributed by atoms with Gasteiger partial charge in [0.25, 0.3) is 0 Å². The summed E-state index contributed by atoms with van der Waals surface area (Å²) >= 11 is 9.43. The van der Waals surface area contributed by atoms with Gasteiger partial charge in [-0.1, -0.05) is 24.4 Å². The van der Waals surface area contributed by atoms with Crippen molar-refractivity contribution in [1.82, 2.24) is 9.97 Å². The zero-order chi connectivity index (χ0) is 18.6. The lowest BCUT2D eigenvalue weighted by atomic mass is 10.1. The Morgan fingerprint density at radius 3 is 2.81 bits per heavy atom. The maximum absolute atomic E-state index is 14.9. The van der Waals surface area contributed by atoms with Crippen LogP contribution >= 0.6 is 27.5 Å². The predicted octanol–water partition coefficient (Wildman–Crippen LogP) is 3.73. The van der Waals surface area contributed by atoms with Gasteiger partial charge < -0.3 is 9.64 Å². The van der Waals surface area contributed by atoms with Gasteiger partial charge in [-0.25, -0.2) is 22.8 Å². The molecular weight excluding hydrogens is 449 g/mol. The Morgan fingerprint density at radius 2 is 2.08 bits per heavy atom. The van der Waals surface area contributed by atoms with E-state index in [1.165, 1.54) is 0 Å². The number of hydrogen-bond acceptors (Lipinski definition) is 6. The zero-order valence-electron chi connectivity index (χ0n) is 13.9. The Bertz CT molecular complexity index is 1020.